The highest BCUT2D eigenvalue weighted by molar-refractivity contribution is 9.10. The second-order valence-electron chi connectivity index (χ2n) is 4.77. The molecule has 0 bridgehead atoms. The fourth-order valence-corrected chi connectivity index (χ4v) is 2.03. The molecule has 1 rings (SSSR count). The number of benzene rings is 1. The molecule has 0 aliphatic carbocycles. The van der Waals surface area contributed by atoms with Crippen molar-refractivity contribution >= 4 is 33.6 Å². The van der Waals surface area contributed by atoms with E-state index in [1.54, 1.807) is 13.8 Å². The molecule has 0 fully saturated rings. The predicted octanol–water partition coefficient (Wildman–Crippen LogP) is 3.21. The van der Waals surface area contributed by atoms with E-state index in [0.29, 0.717) is 0 Å². The Morgan fingerprint density at radius 3 is 2.24 bits per heavy atom. The molecule has 1 aromatic carbocycles. The van der Waals surface area contributed by atoms with E-state index in [4.69, 9.17) is 5.11 Å². The van der Waals surface area contributed by atoms with Crippen molar-refractivity contribution in [2.45, 2.75) is 13.8 Å². The van der Waals surface area contributed by atoms with Gasteiger partial charge in [0.1, 0.15) is 5.69 Å². The summed E-state index contributed by atoms with van der Waals surface area (Å²) >= 11 is 2.92. The number of halogens is 3. The van der Waals surface area contributed by atoms with E-state index in [1.807, 2.05) is 5.32 Å². The number of rotatable bonds is 5. The van der Waals surface area contributed by atoms with Crippen molar-refractivity contribution in [3.63, 3.8) is 0 Å². The van der Waals surface area contributed by atoms with Crippen LogP contribution in [0.4, 0.5) is 19.3 Å². The van der Waals surface area contributed by atoms with Gasteiger partial charge in [-0.15, -0.1) is 0 Å². The third kappa shape index (κ3) is 4.96. The first kappa shape index (κ1) is 17.4. The maximum absolute atomic E-state index is 13.5. The SMILES string of the molecule is CC(C)C(CNC(=O)Nc1c(F)cc(Br)cc1F)C(=O)O. The van der Waals surface area contributed by atoms with Gasteiger partial charge in [-0.3, -0.25) is 4.79 Å². The lowest BCUT2D eigenvalue weighted by Crippen LogP contribution is -2.38. The number of carbonyl (C=O) groups excluding carboxylic acids is 1. The van der Waals surface area contributed by atoms with E-state index >= 15 is 0 Å². The third-order valence-electron chi connectivity index (χ3n) is 2.85. The van der Waals surface area contributed by atoms with Gasteiger partial charge in [0, 0.05) is 11.0 Å². The van der Waals surface area contributed by atoms with Crippen LogP contribution in [0.2, 0.25) is 0 Å². The van der Waals surface area contributed by atoms with Crippen molar-refractivity contribution in [3.8, 4) is 0 Å². The third-order valence-corrected chi connectivity index (χ3v) is 3.31. The van der Waals surface area contributed by atoms with Gasteiger partial charge in [-0.25, -0.2) is 13.6 Å². The fraction of sp³-hybridized carbons (Fsp3) is 0.385. The smallest absolute Gasteiger partial charge is 0.319 e. The molecule has 116 valence electrons. The molecule has 0 saturated carbocycles. The highest BCUT2D eigenvalue weighted by atomic mass is 79.9. The Hall–Kier alpha value is -1.70. The molecule has 1 aromatic rings. The molecule has 8 heteroatoms. The second-order valence-corrected chi connectivity index (χ2v) is 5.68. The number of carboxylic acid groups (broad SMARTS) is 1. The molecule has 0 heterocycles. The molecule has 3 N–H and O–H groups in total. The van der Waals surface area contributed by atoms with Crippen LogP contribution in [0.15, 0.2) is 16.6 Å². The first-order valence-electron chi connectivity index (χ1n) is 6.14. The Morgan fingerprint density at radius 1 is 1.29 bits per heavy atom. The van der Waals surface area contributed by atoms with Crippen molar-refractivity contribution < 1.29 is 23.5 Å². The van der Waals surface area contributed by atoms with Gasteiger partial charge in [-0.05, 0) is 18.1 Å². The number of aliphatic carboxylic acids is 1. The zero-order valence-electron chi connectivity index (χ0n) is 11.4. The van der Waals surface area contributed by atoms with Crippen molar-refractivity contribution in [1.29, 1.82) is 0 Å². The lowest BCUT2D eigenvalue weighted by molar-refractivity contribution is -0.142. The van der Waals surface area contributed by atoms with Gasteiger partial charge < -0.3 is 15.7 Å². The number of carbonyl (C=O) groups is 2. The normalized spacial score (nSPS) is 12.1. The first-order chi connectivity index (χ1) is 9.72. The van der Waals surface area contributed by atoms with Gasteiger partial charge in [-0.1, -0.05) is 29.8 Å². The van der Waals surface area contributed by atoms with Crippen molar-refractivity contribution in [2.75, 3.05) is 11.9 Å². The first-order valence-corrected chi connectivity index (χ1v) is 6.94. The molecule has 2 amide bonds. The van der Waals surface area contributed by atoms with E-state index < -0.39 is 35.2 Å². The zero-order chi connectivity index (χ0) is 16.2. The van der Waals surface area contributed by atoms with E-state index in [1.165, 1.54) is 0 Å². The van der Waals surface area contributed by atoms with Crippen LogP contribution in [0, 0.1) is 23.5 Å². The molecule has 0 aliphatic heterocycles. The van der Waals surface area contributed by atoms with Crippen LogP contribution >= 0.6 is 15.9 Å². The number of hydrogen-bond acceptors (Lipinski definition) is 2. The van der Waals surface area contributed by atoms with Gasteiger partial charge in [0.05, 0.1) is 5.92 Å². The summed E-state index contributed by atoms with van der Waals surface area (Å²) < 4.78 is 27.2. The minimum atomic E-state index is -1.05. The topological polar surface area (TPSA) is 78.4 Å². The monoisotopic (exact) mass is 364 g/mol. The highest BCUT2D eigenvalue weighted by Gasteiger charge is 2.22. The predicted molar refractivity (Wildman–Crippen MR) is 77.0 cm³/mol. The minimum absolute atomic E-state index is 0.140. The van der Waals surface area contributed by atoms with Crippen LogP contribution in [0.5, 0.6) is 0 Å². The largest absolute Gasteiger partial charge is 0.481 e. The average molecular weight is 365 g/mol. The number of anilines is 1. The summed E-state index contributed by atoms with van der Waals surface area (Å²) in [5.74, 6) is -3.89. The van der Waals surface area contributed by atoms with Crippen molar-refractivity contribution in [3.05, 3.63) is 28.2 Å². The van der Waals surface area contributed by atoms with Crippen LogP contribution < -0.4 is 10.6 Å². The molecule has 0 aromatic heterocycles. The summed E-state index contributed by atoms with van der Waals surface area (Å²) in [6.07, 6.45) is 0. The Balaban J connectivity index is 2.69. The molecule has 1 unspecified atom stereocenters. The summed E-state index contributed by atoms with van der Waals surface area (Å²) in [5.41, 5.74) is -0.591. The number of carboxylic acids is 1. The molecule has 0 saturated heterocycles. The molecule has 1 atom stereocenters. The van der Waals surface area contributed by atoms with Crippen LogP contribution in [0.25, 0.3) is 0 Å². The maximum Gasteiger partial charge on any atom is 0.319 e. The van der Waals surface area contributed by atoms with Gasteiger partial charge >= 0.3 is 12.0 Å². The van der Waals surface area contributed by atoms with Crippen LogP contribution in [-0.4, -0.2) is 23.7 Å². The molecule has 5 nitrogen and oxygen atoms in total. The number of urea groups is 1. The average Bonchev–Trinajstić information content (AvgIpc) is 2.33. The lowest BCUT2D eigenvalue weighted by Gasteiger charge is -2.17. The Labute approximate surface area is 128 Å². The Bertz CT molecular complexity index is 529. The van der Waals surface area contributed by atoms with Crippen molar-refractivity contribution in [1.82, 2.24) is 5.32 Å². The summed E-state index contributed by atoms with van der Waals surface area (Å²) in [7, 11) is 0. The second kappa shape index (κ2) is 7.35. The molecular weight excluding hydrogens is 350 g/mol. The van der Waals surface area contributed by atoms with E-state index in [-0.39, 0.29) is 16.9 Å². The quantitative estimate of drug-likeness (QED) is 0.750. The summed E-state index contributed by atoms with van der Waals surface area (Å²) in [6, 6.07) is 1.14. The van der Waals surface area contributed by atoms with Gasteiger partial charge in [0.15, 0.2) is 11.6 Å². The van der Waals surface area contributed by atoms with Gasteiger partial charge in [0.25, 0.3) is 0 Å². The summed E-state index contributed by atoms with van der Waals surface area (Å²) in [4.78, 5) is 22.6. The lowest BCUT2D eigenvalue weighted by atomic mass is 9.96. The fourth-order valence-electron chi connectivity index (χ4n) is 1.63. The molecule has 0 spiro atoms. The standard InChI is InChI=1S/C13H15BrF2N2O3/c1-6(2)8(12(19)20)5-17-13(21)18-11-9(15)3-7(14)4-10(11)16/h3-4,6,8H,5H2,1-2H3,(H,19,20)(H2,17,18,21). The van der Waals surface area contributed by atoms with E-state index in [2.05, 4.69) is 21.2 Å². The molecule has 0 aliphatic rings. The summed E-state index contributed by atoms with van der Waals surface area (Å²) in [6.45, 7) is 3.26. The molecule has 21 heavy (non-hydrogen) atoms. The molecule has 0 radical (unpaired) electrons. The highest BCUT2D eigenvalue weighted by Crippen LogP contribution is 2.23. The van der Waals surface area contributed by atoms with Gasteiger partial charge in [0.2, 0.25) is 0 Å². The van der Waals surface area contributed by atoms with E-state index in [9.17, 15) is 18.4 Å². The van der Waals surface area contributed by atoms with Gasteiger partial charge in [-0.2, -0.15) is 0 Å². The Kier molecular flexibility index (Phi) is 6.07. The van der Waals surface area contributed by atoms with Crippen LogP contribution in [0.3, 0.4) is 0 Å². The summed E-state index contributed by atoms with van der Waals surface area (Å²) in [5, 5.41) is 13.3. The zero-order valence-corrected chi connectivity index (χ0v) is 13.0. The molecular formula is C13H15BrF2N2O3. The number of nitrogens with one attached hydrogen (secondary N) is 2. The van der Waals surface area contributed by atoms with Crippen LogP contribution in [-0.2, 0) is 4.79 Å². The Morgan fingerprint density at radius 2 is 1.81 bits per heavy atom. The maximum atomic E-state index is 13.5. The van der Waals surface area contributed by atoms with E-state index in [0.717, 1.165) is 12.1 Å². The van der Waals surface area contributed by atoms with Crippen molar-refractivity contribution in [2.24, 2.45) is 11.8 Å². The minimum Gasteiger partial charge on any atom is -0.481 e. The number of hydrogen-bond donors (Lipinski definition) is 3. The number of amides is 2. The van der Waals surface area contributed by atoms with Crippen LogP contribution in [0.1, 0.15) is 13.8 Å².